The van der Waals surface area contributed by atoms with Crippen molar-refractivity contribution in [3.8, 4) is 0 Å². The number of hydrogen-bond acceptors (Lipinski definition) is 6. The van der Waals surface area contributed by atoms with E-state index in [0.717, 1.165) is 17.2 Å². The fraction of sp³-hybridized carbons (Fsp3) is 0.250. The number of rotatable bonds is 7. The van der Waals surface area contributed by atoms with Gasteiger partial charge in [0.2, 0.25) is 5.78 Å². The molecule has 8 heteroatoms. The van der Waals surface area contributed by atoms with Crippen LogP contribution in [0.1, 0.15) is 37.4 Å². The lowest BCUT2D eigenvalue weighted by Crippen LogP contribution is -2.31. The lowest BCUT2D eigenvalue weighted by atomic mass is 10.1. The number of esters is 1. The molecule has 0 heterocycles. The molecular weight excluding hydrogens is 364 g/mol. The topological polar surface area (TPSA) is 116 Å². The Labute approximate surface area is 161 Å². The Balaban J connectivity index is 1.87. The van der Waals surface area contributed by atoms with Crippen LogP contribution in [0.25, 0.3) is 0 Å². The van der Waals surface area contributed by atoms with Crippen molar-refractivity contribution in [2.24, 2.45) is 0 Å². The maximum atomic E-state index is 12.1. The second kappa shape index (κ2) is 8.90. The predicted octanol–water partition coefficient (Wildman–Crippen LogP) is 2.68. The van der Waals surface area contributed by atoms with Crippen molar-refractivity contribution in [3.05, 3.63) is 74.3 Å². The number of benzene rings is 2. The van der Waals surface area contributed by atoms with Crippen molar-refractivity contribution in [3.63, 3.8) is 0 Å². The largest absolute Gasteiger partial charge is 0.456 e. The molecule has 2 aromatic rings. The summed E-state index contributed by atoms with van der Waals surface area (Å²) < 4.78 is 4.84. The highest BCUT2D eigenvalue weighted by atomic mass is 16.6. The highest BCUT2D eigenvalue weighted by Gasteiger charge is 2.17. The van der Waals surface area contributed by atoms with Crippen LogP contribution in [0, 0.1) is 30.9 Å². The Hall–Kier alpha value is -3.55. The molecule has 0 saturated heterocycles. The third-order valence-electron chi connectivity index (χ3n) is 4.25. The molecule has 1 N–H and O–H groups in total. The molecule has 0 aliphatic carbocycles. The molecule has 0 aliphatic heterocycles. The predicted molar refractivity (Wildman–Crippen MR) is 101 cm³/mol. The van der Waals surface area contributed by atoms with Crippen LogP contribution in [-0.2, 0) is 9.53 Å². The number of Topliss-reactive ketones (excluding diaryl/α,β-unsaturated/α-hetero) is 1. The van der Waals surface area contributed by atoms with E-state index in [0.29, 0.717) is 11.1 Å². The van der Waals surface area contributed by atoms with Gasteiger partial charge < -0.3 is 10.1 Å². The monoisotopic (exact) mass is 384 g/mol. The number of nitro benzene ring substituents is 1. The van der Waals surface area contributed by atoms with Gasteiger partial charge in [-0.3, -0.25) is 24.5 Å². The van der Waals surface area contributed by atoms with Crippen molar-refractivity contribution in [2.75, 3.05) is 13.2 Å². The summed E-state index contributed by atoms with van der Waals surface area (Å²) in [6.07, 6.45) is 0. The normalized spacial score (nSPS) is 10.2. The summed E-state index contributed by atoms with van der Waals surface area (Å²) in [6.45, 7) is 4.39. The minimum atomic E-state index is -0.785. The maximum absolute atomic E-state index is 12.1. The average Bonchev–Trinajstić information content (AvgIpc) is 2.66. The summed E-state index contributed by atoms with van der Waals surface area (Å²) >= 11 is 0. The minimum absolute atomic E-state index is 0.0734. The number of aryl methyl sites for hydroxylation is 3. The summed E-state index contributed by atoms with van der Waals surface area (Å²) in [4.78, 5) is 46.3. The third-order valence-corrected chi connectivity index (χ3v) is 4.25. The standard InChI is InChI=1S/C20H20N2O6/c1-12-4-7-16(8-14(12)3)20(25)21-10-19(24)28-11-18(23)15-6-5-13(2)17(9-15)22(26)27/h4-9H,10-11H2,1-3H3,(H,21,25). The summed E-state index contributed by atoms with van der Waals surface area (Å²) in [7, 11) is 0. The highest BCUT2D eigenvalue weighted by molar-refractivity contribution is 5.99. The van der Waals surface area contributed by atoms with Crippen LogP contribution >= 0.6 is 0 Å². The fourth-order valence-electron chi connectivity index (χ4n) is 2.40. The van der Waals surface area contributed by atoms with Gasteiger partial charge in [0.1, 0.15) is 6.54 Å². The molecule has 2 aromatic carbocycles. The van der Waals surface area contributed by atoms with Gasteiger partial charge in [0.15, 0.2) is 6.61 Å². The zero-order valence-corrected chi connectivity index (χ0v) is 15.8. The Bertz CT molecular complexity index is 952. The molecule has 0 aromatic heterocycles. The van der Waals surface area contributed by atoms with Gasteiger partial charge in [0.25, 0.3) is 11.6 Å². The molecule has 0 saturated carbocycles. The van der Waals surface area contributed by atoms with Crippen molar-refractivity contribution >= 4 is 23.3 Å². The van der Waals surface area contributed by atoms with Crippen LogP contribution < -0.4 is 5.32 Å². The third kappa shape index (κ3) is 5.23. The lowest BCUT2D eigenvalue weighted by Gasteiger charge is -2.08. The highest BCUT2D eigenvalue weighted by Crippen LogP contribution is 2.19. The van der Waals surface area contributed by atoms with Gasteiger partial charge in [-0.2, -0.15) is 0 Å². The smallest absolute Gasteiger partial charge is 0.325 e. The van der Waals surface area contributed by atoms with Crippen molar-refractivity contribution in [1.29, 1.82) is 0 Å². The molecule has 0 atom stereocenters. The van der Waals surface area contributed by atoms with Gasteiger partial charge in [-0.05, 0) is 44.0 Å². The fourth-order valence-corrected chi connectivity index (χ4v) is 2.40. The molecule has 146 valence electrons. The van der Waals surface area contributed by atoms with E-state index in [1.54, 1.807) is 19.1 Å². The van der Waals surface area contributed by atoms with Gasteiger partial charge in [0.05, 0.1) is 4.92 Å². The average molecular weight is 384 g/mol. The van der Waals surface area contributed by atoms with Gasteiger partial charge in [-0.15, -0.1) is 0 Å². The summed E-state index contributed by atoms with van der Waals surface area (Å²) in [5.74, 6) is -1.79. The Kier molecular flexibility index (Phi) is 6.59. The van der Waals surface area contributed by atoms with Crippen LogP contribution in [0.15, 0.2) is 36.4 Å². The molecule has 0 spiro atoms. The van der Waals surface area contributed by atoms with Crippen LogP contribution in [-0.4, -0.2) is 35.7 Å². The van der Waals surface area contributed by atoms with E-state index in [2.05, 4.69) is 5.32 Å². The van der Waals surface area contributed by atoms with Gasteiger partial charge in [0, 0.05) is 22.8 Å². The summed E-state index contributed by atoms with van der Waals surface area (Å²) in [5.41, 5.74) is 2.73. The number of ketones is 1. The maximum Gasteiger partial charge on any atom is 0.325 e. The second-order valence-corrected chi connectivity index (χ2v) is 6.32. The molecular formula is C20H20N2O6. The number of nitrogens with one attached hydrogen (secondary N) is 1. The number of nitrogens with zero attached hydrogens (tertiary/aromatic N) is 1. The van der Waals surface area contributed by atoms with Crippen LogP contribution in [0.2, 0.25) is 0 Å². The van der Waals surface area contributed by atoms with E-state index >= 15 is 0 Å². The van der Waals surface area contributed by atoms with E-state index in [4.69, 9.17) is 4.74 Å². The van der Waals surface area contributed by atoms with Crippen molar-refractivity contribution in [1.82, 2.24) is 5.32 Å². The Morgan fingerprint density at radius 3 is 2.25 bits per heavy atom. The van der Waals surface area contributed by atoms with Gasteiger partial charge in [-0.1, -0.05) is 18.2 Å². The summed E-state index contributed by atoms with van der Waals surface area (Å²) in [5, 5.41) is 13.4. The molecule has 0 radical (unpaired) electrons. The van der Waals surface area contributed by atoms with E-state index in [-0.39, 0.29) is 11.3 Å². The Morgan fingerprint density at radius 2 is 1.61 bits per heavy atom. The number of nitro groups is 1. The molecule has 0 unspecified atom stereocenters. The lowest BCUT2D eigenvalue weighted by molar-refractivity contribution is -0.385. The van der Waals surface area contributed by atoms with Crippen LogP contribution in [0.3, 0.4) is 0 Å². The molecule has 28 heavy (non-hydrogen) atoms. The van der Waals surface area contributed by atoms with E-state index in [1.807, 2.05) is 19.9 Å². The molecule has 0 bridgehead atoms. The van der Waals surface area contributed by atoms with Gasteiger partial charge >= 0.3 is 5.97 Å². The van der Waals surface area contributed by atoms with Crippen LogP contribution in [0.4, 0.5) is 5.69 Å². The first kappa shape index (κ1) is 20.8. The van der Waals surface area contributed by atoms with E-state index in [1.165, 1.54) is 12.1 Å². The molecule has 0 aliphatic rings. The molecule has 8 nitrogen and oxygen atoms in total. The van der Waals surface area contributed by atoms with E-state index < -0.39 is 35.7 Å². The zero-order valence-electron chi connectivity index (χ0n) is 15.8. The zero-order chi connectivity index (χ0) is 20.8. The van der Waals surface area contributed by atoms with Crippen LogP contribution in [0.5, 0.6) is 0 Å². The first-order chi connectivity index (χ1) is 13.2. The van der Waals surface area contributed by atoms with E-state index in [9.17, 15) is 24.5 Å². The number of carbonyl (C=O) groups excluding carboxylic acids is 3. The molecule has 1 amide bonds. The SMILES string of the molecule is Cc1ccc(C(=O)NCC(=O)OCC(=O)c2ccc(C)c([N+](=O)[O-])c2)cc1C. The first-order valence-corrected chi connectivity index (χ1v) is 8.48. The minimum Gasteiger partial charge on any atom is -0.456 e. The number of carbonyl (C=O) groups is 3. The number of ether oxygens (including phenoxy) is 1. The number of amides is 1. The van der Waals surface area contributed by atoms with Crippen molar-refractivity contribution < 1.29 is 24.0 Å². The van der Waals surface area contributed by atoms with Gasteiger partial charge in [-0.25, -0.2) is 0 Å². The second-order valence-electron chi connectivity index (χ2n) is 6.32. The Morgan fingerprint density at radius 1 is 0.964 bits per heavy atom. The quantitative estimate of drug-likeness (QED) is 0.340. The number of hydrogen-bond donors (Lipinski definition) is 1. The first-order valence-electron chi connectivity index (χ1n) is 8.48. The molecule has 0 fully saturated rings. The summed E-state index contributed by atoms with van der Waals surface area (Å²) in [6, 6.07) is 9.20. The van der Waals surface area contributed by atoms with Crippen molar-refractivity contribution in [2.45, 2.75) is 20.8 Å². The molecule has 2 rings (SSSR count).